The fraction of sp³-hybridized carbons (Fsp3) is 0.788. The first-order valence-electron chi connectivity index (χ1n) is 15.6. The van der Waals surface area contributed by atoms with Crippen molar-refractivity contribution >= 4 is 17.5 Å². The number of carbonyl (C=O) groups is 3. The summed E-state index contributed by atoms with van der Waals surface area (Å²) in [4.78, 5) is 40.2. The lowest BCUT2D eigenvalue weighted by Crippen LogP contribution is -2.56. The predicted molar refractivity (Wildman–Crippen MR) is 154 cm³/mol. The van der Waals surface area contributed by atoms with Crippen LogP contribution in [0.2, 0.25) is 0 Å². The van der Waals surface area contributed by atoms with E-state index in [0.29, 0.717) is 18.8 Å². The van der Waals surface area contributed by atoms with Crippen LogP contribution in [0.25, 0.3) is 0 Å². The Morgan fingerprint density at radius 2 is 1.88 bits per heavy atom. The number of likely N-dealkylation sites (N-methyl/N-ethyl adjacent to an activating group) is 1. The molecular weight excluding hydrogens is 522 g/mol. The van der Waals surface area contributed by atoms with Crippen LogP contribution in [0, 0.1) is 40.4 Å². The van der Waals surface area contributed by atoms with Crippen molar-refractivity contribution < 1.29 is 33.7 Å². The van der Waals surface area contributed by atoms with E-state index in [9.17, 15) is 19.5 Å². The highest BCUT2D eigenvalue weighted by atomic mass is 16.7. The van der Waals surface area contributed by atoms with Gasteiger partial charge in [-0.2, -0.15) is 0 Å². The number of rotatable bonds is 9. The van der Waals surface area contributed by atoms with Crippen molar-refractivity contribution in [2.75, 3.05) is 34.4 Å². The number of aliphatic hydroxyl groups excluding tert-OH is 1. The van der Waals surface area contributed by atoms with Gasteiger partial charge in [0.25, 0.3) is 0 Å². The minimum Gasteiger partial charge on any atom is -0.457 e. The summed E-state index contributed by atoms with van der Waals surface area (Å²) in [5.74, 6) is -0.467. The van der Waals surface area contributed by atoms with Gasteiger partial charge in [-0.15, -0.1) is 0 Å². The zero-order valence-electron chi connectivity index (χ0n) is 25.5. The minimum absolute atomic E-state index is 0.0168. The zero-order chi connectivity index (χ0) is 29.5. The molecular formula is C33H49NO7. The van der Waals surface area contributed by atoms with Crippen molar-refractivity contribution in [3.63, 3.8) is 0 Å². The van der Waals surface area contributed by atoms with Gasteiger partial charge in [-0.05, 0) is 82.0 Å². The lowest BCUT2D eigenvalue weighted by atomic mass is 9.46. The first kappa shape index (κ1) is 30.6. The second-order valence-electron chi connectivity index (χ2n) is 14.1. The molecule has 228 valence electrons. The molecule has 0 aromatic carbocycles. The van der Waals surface area contributed by atoms with E-state index in [1.165, 1.54) is 6.42 Å². The van der Waals surface area contributed by atoms with Crippen LogP contribution >= 0.6 is 0 Å². The molecule has 0 unspecified atom stereocenters. The third kappa shape index (κ3) is 5.74. The molecule has 8 heteroatoms. The molecule has 5 rings (SSSR count). The molecule has 5 aliphatic carbocycles. The lowest BCUT2D eigenvalue weighted by Gasteiger charge is -2.58. The predicted octanol–water partition coefficient (Wildman–Crippen LogP) is 4.10. The first-order chi connectivity index (χ1) is 19.5. The Hall–Kier alpha value is -1.87. The van der Waals surface area contributed by atoms with E-state index in [0.717, 1.165) is 44.1 Å². The van der Waals surface area contributed by atoms with Crippen LogP contribution < -0.4 is 0 Å². The summed E-state index contributed by atoms with van der Waals surface area (Å²) in [5, 5.41) is 11.8. The van der Waals surface area contributed by atoms with Crippen LogP contribution in [0.3, 0.4) is 0 Å². The number of hydrogen-bond acceptors (Lipinski definition) is 8. The normalized spacial score (nSPS) is 39.5. The summed E-state index contributed by atoms with van der Waals surface area (Å²) >= 11 is 0. The van der Waals surface area contributed by atoms with E-state index < -0.39 is 23.4 Å². The van der Waals surface area contributed by atoms with Gasteiger partial charge in [-0.1, -0.05) is 44.8 Å². The summed E-state index contributed by atoms with van der Waals surface area (Å²) in [6, 6.07) is 0. The fourth-order valence-electron chi connectivity index (χ4n) is 9.51. The monoisotopic (exact) mass is 571 g/mol. The number of esters is 1. The smallest absolute Gasteiger partial charge is 0.320 e. The van der Waals surface area contributed by atoms with Gasteiger partial charge in [-0.3, -0.25) is 19.3 Å². The molecule has 0 spiro atoms. The number of allylic oxidation sites excluding steroid dienone is 4. The molecule has 4 fully saturated rings. The summed E-state index contributed by atoms with van der Waals surface area (Å²) in [6.45, 7) is 4.11. The van der Waals surface area contributed by atoms with Crippen molar-refractivity contribution in [1.29, 1.82) is 0 Å². The fourth-order valence-corrected chi connectivity index (χ4v) is 9.51. The van der Waals surface area contributed by atoms with E-state index in [-0.39, 0.29) is 60.3 Å². The second-order valence-corrected chi connectivity index (χ2v) is 14.1. The number of Topliss-reactive ketones (excluding diaryl/α,β-unsaturated/α-hetero) is 1. The van der Waals surface area contributed by atoms with E-state index in [1.54, 1.807) is 38.3 Å². The number of fused-ring (bicyclic) bond motifs is 5. The summed E-state index contributed by atoms with van der Waals surface area (Å²) in [6.07, 6.45) is 12.5. The molecule has 0 aliphatic heterocycles. The highest BCUT2D eigenvalue weighted by molar-refractivity contribution is 6.01. The third-order valence-electron chi connectivity index (χ3n) is 11.2. The van der Waals surface area contributed by atoms with Crippen molar-refractivity contribution in [2.45, 2.75) is 90.1 Å². The SMILES string of the molecule is CO[C@@H](O[C@@H]1C[C@H]2[C@@H]3CCC4=CC(=O)C=C[C@]4(C)[C@H]3[C@@H](O)C[C@]2(C)[C@H]1C(=O)COC(=O)CN(C)C)C1CCCCC1. The molecule has 0 radical (unpaired) electrons. The molecule has 0 amide bonds. The van der Waals surface area contributed by atoms with Crippen molar-refractivity contribution in [3.05, 3.63) is 23.8 Å². The second kappa shape index (κ2) is 12.0. The maximum absolute atomic E-state index is 14.0. The Kier molecular flexibility index (Phi) is 8.97. The van der Waals surface area contributed by atoms with Gasteiger partial charge in [0.1, 0.15) is 6.61 Å². The van der Waals surface area contributed by atoms with Crippen LogP contribution in [0.1, 0.15) is 71.6 Å². The third-order valence-corrected chi connectivity index (χ3v) is 11.2. The largest absolute Gasteiger partial charge is 0.457 e. The van der Waals surface area contributed by atoms with Gasteiger partial charge in [0, 0.05) is 24.4 Å². The maximum Gasteiger partial charge on any atom is 0.320 e. The minimum atomic E-state index is -0.630. The van der Waals surface area contributed by atoms with Crippen molar-refractivity contribution in [2.24, 2.45) is 40.4 Å². The highest BCUT2D eigenvalue weighted by Gasteiger charge is 2.65. The Morgan fingerprint density at radius 3 is 2.56 bits per heavy atom. The molecule has 41 heavy (non-hydrogen) atoms. The van der Waals surface area contributed by atoms with Crippen molar-refractivity contribution in [3.8, 4) is 0 Å². The average Bonchev–Trinajstić information content (AvgIpc) is 3.21. The summed E-state index contributed by atoms with van der Waals surface area (Å²) in [5.41, 5.74) is 0.221. The number of hydrogen-bond donors (Lipinski definition) is 1. The van der Waals surface area contributed by atoms with Gasteiger partial charge >= 0.3 is 5.97 Å². The standard InChI is InChI=1S/C33H49NO7/c1-32-14-13-22(35)15-21(32)11-12-23-24-16-27(41-31(39-5)20-9-7-6-8-10-20)30(33(24,2)17-25(36)29(23)32)26(37)19-40-28(38)18-34(3)4/h13-15,20,23-25,27,29-31,36H,6-12,16-19H2,1-5H3/t23-,24-,25-,27+,29+,30-,31-,32-,33-/m0/s1. The van der Waals surface area contributed by atoms with E-state index in [1.807, 2.05) is 6.08 Å². The van der Waals surface area contributed by atoms with E-state index >= 15 is 0 Å². The summed E-state index contributed by atoms with van der Waals surface area (Å²) in [7, 11) is 5.26. The first-order valence-corrected chi connectivity index (χ1v) is 15.6. The van der Waals surface area contributed by atoms with Crippen LogP contribution in [0.15, 0.2) is 23.8 Å². The van der Waals surface area contributed by atoms with Gasteiger partial charge < -0.3 is 19.3 Å². The Bertz CT molecular complexity index is 1080. The molecule has 9 atom stereocenters. The Balaban J connectivity index is 1.44. The van der Waals surface area contributed by atoms with Crippen LogP contribution in [0.5, 0.6) is 0 Å². The van der Waals surface area contributed by atoms with Gasteiger partial charge in [-0.25, -0.2) is 0 Å². The number of carbonyl (C=O) groups excluding carboxylic acids is 3. The number of ketones is 2. The summed E-state index contributed by atoms with van der Waals surface area (Å²) < 4.78 is 18.1. The number of nitrogens with zero attached hydrogens (tertiary/aromatic N) is 1. The Morgan fingerprint density at radius 1 is 1.15 bits per heavy atom. The van der Waals surface area contributed by atoms with Gasteiger partial charge in [0.15, 0.2) is 17.9 Å². The van der Waals surface area contributed by atoms with Crippen LogP contribution in [-0.4, -0.2) is 80.4 Å². The lowest BCUT2D eigenvalue weighted by molar-refractivity contribution is -0.200. The topological polar surface area (TPSA) is 102 Å². The van der Waals surface area contributed by atoms with Crippen LogP contribution in [-0.2, 0) is 28.6 Å². The van der Waals surface area contributed by atoms with Crippen LogP contribution in [0.4, 0.5) is 0 Å². The average molecular weight is 572 g/mol. The molecule has 4 saturated carbocycles. The van der Waals surface area contributed by atoms with E-state index in [2.05, 4.69) is 13.8 Å². The molecule has 0 bridgehead atoms. The molecule has 0 saturated heterocycles. The molecule has 0 heterocycles. The number of methoxy groups -OCH3 is 1. The molecule has 0 aromatic rings. The van der Waals surface area contributed by atoms with Crippen molar-refractivity contribution in [1.82, 2.24) is 4.90 Å². The molecule has 1 N–H and O–H groups in total. The molecule has 0 aromatic heterocycles. The maximum atomic E-state index is 14.0. The molecule has 8 nitrogen and oxygen atoms in total. The zero-order valence-corrected chi connectivity index (χ0v) is 25.5. The molecule has 5 aliphatic rings. The highest BCUT2D eigenvalue weighted by Crippen LogP contribution is 2.66. The quantitative estimate of drug-likeness (QED) is 0.326. The van der Waals surface area contributed by atoms with Gasteiger partial charge in [0.2, 0.25) is 0 Å². The van der Waals surface area contributed by atoms with Gasteiger partial charge in [0.05, 0.1) is 24.7 Å². The number of aliphatic hydroxyl groups is 1. The van der Waals surface area contributed by atoms with E-state index in [4.69, 9.17) is 14.2 Å². The Labute approximate surface area is 244 Å². The number of ether oxygens (including phenoxy) is 3.